The highest BCUT2D eigenvalue weighted by Gasteiger charge is 2.21. The molecule has 1 fully saturated rings. The second kappa shape index (κ2) is 4.28. The molecule has 0 unspecified atom stereocenters. The van der Waals surface area contributed by atoms with Gasteiger partial charge in [0.1, 0.15) is 5.82 Å². The van der Waals surface area contributed by atoms with E-state index in [1.54, 1.807) is 12.3 Å². The van der Waals surface area contributed by atoms with Crippen molar-refractivity contribution < 1.29 is 4.42 Å². The molecule has 6 nitrogen and oxygen atoms in total. The fourth-order valence-corrected chi connectivity index (χ4v) is 2.31. The molecule has 100 valence electrons. The van der Waals surface area contributed by atoms with E-state index in [1.165, 1.54) is 0 Å². The van der Waals surface area contributed by atoms with Gasteiger partial charge in [-0.3, -0.25) is 4.98 Å². The number of oxazole rings is 1. The molecule has 1 aromatic carbocycles. The van der Waals surface area contributed by atoms with Crippen LogP contribution in [0.1, 0.15) is 11.7 Å². The van der Waals surface area contributed by atoms with Crippen LogP contribution in [-0.2, 0) is 0 Å². The zero-order chi connectivity index (χ0) is 13.5. The van der Waals surface area contributed by atoms with Crippen LogP contribution in [0.5, 0.6) is 0 Å². The highest BCUT2D eigenvalue weighted by atomic mass is 16.4. The summed E-state index contributed by atoms with van der Waals surface area (Å²) in [4.78, 5) is 22.8. The number of fused-ring (bicyclic) bond motifs is 1. The van der Waals surface area contributed by atoms with Gasteiger partial charge < -0.3 is 9.73 Å². The van der Waals surface area contributed by atoms with E-state index in [0.29, 0.717) is 17.0 Å². The first-order chi connectivity index (χ1) is 9.79. The normalized spacial score (nSPS) is 15.4. The van der Waals surface area contributed by atoms with Gasteiger partial charge in [0.2, 0.25) is 0 Å². The van der Waals surface area contributed by atoms with Gasteiger partial charge in [0.15, 0.2) is 5.58 Å². The third-order valence-corrected chi connectivity index (χ3v) is 3.54. The molecular weight excluding hydrogens is 256 g/mol. The van der Waals surface area contributed by atoms with E-state index in [1.807, 2.05) is 18.2 Å². The maximum absolute atomic E-state index is 11.2. The summed E-state index contributed by atoms with van der Waals surface area (Å²) in [7, 11) is 0. The number of rotatable bonds is 2. The molecule has 1 saturated heterocycles. The lowest BCUT2D eigenvalue weighted by Gasteiger charge is -2.25. The molecule has 0 atom stereocenters. The summed E-state index contributed by atoms with van der Waals surface area (Å²) < 4.78 is 5.00. The first-order valence-electron chi connectivity index (χ1n) is 6.46. The summed E-state index contributed by atoms with van der Waals surface area (Å²) in [6, 6.07) is 7.40. The predicted octanol–water partition coefficient (Wildman–Crippen LogP) is 1.26. The van der Waals surface area contributed by atoms with E-state index >= 15 is 0 Å². The maximum Gasteiger partial charge on any atom is 0.417 e. The average Bonchev–Trinajstić information content (AvgIpc) is 2.76. The molecular formula is C14H12N4O2. The van der Waals surface area contributed by atoms with E-state index in [0.717, 1.165) is 30.2 Å². The molecule has 3 heterocycles. The molecule has 1 aliphatic heterocycles. The van der Waals surface area contributed by atoms with Crippen molar-refractivity contribution in [3.63, 3.8) is 0 Å². The minimum Gasteiger partial charge on any atom is -0.408 e. The summed E-state index contributed by atoms with van der Waals surface area (Å²) >= 11 is 0. The van der Waals surface area contributed by atoms with Gasteiger partial charge in [0.05, 0.1) is 11.2 Å². The van der Waals surface area contributed by atoms with Crippen molar-refractivity contribution in [1.82, 2.24) is 20.3 Å². The Kier molecular flexibility index (Phi) is 2.43. The van der Waals surface area contributed by atoms with Crippen LogP contribution in [0.2, 0.25) is 0 Å². The minimum atomic E-state index is -0.443. The molecule has 2 N–H and O–H groups in total. The van der Waals surface area contributed by atoms with Crippen LogP contribution in [0.4, 0.5) is 0 Å². The van der Waals surface area contributed by atoms with E-state index in [4.69, 9.17) is 4.42 Å². The Hall–Kier alpha value is -2.47. The smallest absolute Gasteiger partial charge is 0.408 e. The Balaban J connectivity index is 1.79. The summed E-state index contributed by atoms with van der Waals surface area (Å²) in [5.41, 5.74) is 3.02. The first-order valence-corrected chi connectivity index (χ1v) is 6.46. The van der Waals surface area contributed by atoms with Gasteiger partial charge in [-0.1, -0.05) is 0 Å². The molecule has 0 spiro atoms. The van der Waals surface area contributed by atoms with E-state index < -0.39 is 5.76 Å². The van der Waals surface area contributed by atoms with Crippen molar-refractivity contribution in [3.8, 4) is 11.3 Å². The summed E-state index contributed by atoms with van der Waals surface area (Å²) in [6.45, 7) is 1.86. The summed E-state index contributed by atoms with van der Waals surface area (Å²) in [5, 5.41) is 3.21. The molecule has 20 heavy (non-hydrogen) atoms. The molecule has 0 bridgehead atoms. The number of benzene rings is 1. The zero-order valence-electron chi connectivity index (χ0n) is 10.6. The molecule has 6 heteroatoms. The first kappa shape index (κ1) is 11.4. The lowest BCUT2D eigenvalue weighted by atomic mass is 10.0. The highest BCUT2D eigenvalue weighted by Crippen LogP contribution is 2.23. The van der Waals surface area contributed by atoms with Crippen molar-refractivity contribution in [3.05, 3.63) is 46.8 Å². The van der Waals surface area contributed by atoms with E-state index in [9.17, 15) is 4.79 Å². The molecule has 0 aliphatic carbocycles. The second-order valence-electron chi connectivity index (χ2n) is 4.88. The zero-order valence-corrected chi connectivity index (χ0v) is 10.6. The van der Waals surface area contributed by atoms with Gasteiger partial charge in [0, 0.05) is 30.8 Å². The lowest BCUT2D eigenvalue weighted by molar-refractivity contribution is 0.430. The minimum absolute atomic E-state index is 0.396. The highest BCUT2D eigenvalue weighted by molar-refractivity contribution is 5.78. The maximum atomic E-state index is 11.2. The fraction of sp³-hybridized carbons (Fsp3) is 0.214. The van der Waals surface area contributed by atoms with Crippen LogP contribution < -0.4 is 11.1 Å². The van der Waals surface area contributed by atoms with Crippen LogP contribution in [0.25, 0.3) is 22.4 Å². The van der Waals surface area contributed by atoms with Crippen molar-refractivity contribution >= 4 is 11.1 Å². The topological polar surface area (TPSA) is 83.8 Å². The number of aromatic amines is 1. The number of hydrogen-bond acceptors (Lipinski definition) is 5. The Bertz CT molecular complexity index is 832. The molecule has 1 aliphatic rings. The van der Waals surface area contributed by atoms with Crippen LogP contribution >= 0.6 is 0 Å². The summed E-state index contributed by atoms with van der Waals surface area (Å²) in [6.07, 6.45) is 1.78. The Labute approximate surface area is 113 Å². The summed E-state index contributed by atoms with van der Waals surface area (Å²) in [5.74, 6) is 0.815. The third-order valence-electron chi connectivity index (χ3n) is 3.54. The largest absolute Gasteiger partial charge is 0.417 e. The SMILES string of the molecule is O=c1[nH]c2cc(-c3ccnc(C4CNC4)n3)ccc2o1. The predicted molar refractivity (Wildman–Crippen MR) is 73.5 cm³/mol. The Morgan fingerprint density at radius 3 is 2.95 bits per heavy atom. The monoisotopic (exact) mass is 268 g/mol. The Morgan fingerprint density at radius 1 is 1.25 bits per heavy atom. The van der Waals surface area contributed by atoms with Gasteiger partial charge >= 0.3 is 5.76 Å². The van der Waals surface area contributed by atoms with Crippen LogP contribution in [0, 0.1) is 0 Å². The number of nitrogens with zero attached hydrogens (tertiary/aromatic N) is 2. The van der Waals surface area contributed by atoms with Crippen LogP contribution in [0.15, 0.2) is 39.7 Å². The molecule has 0 radical (unpaired) electrons. The molecule has 4 rings (SSSR count). The quantitative estimate of drug-likeness (QED) is 0.731. The van der Waals surface area contributed by atoms with Gasteiger partial charge in [-0.05, 0) is 24.3 Å². The van der Waals surface area contributed by atoms with Crippen molar-refractivity contribution in [2.75, 3.05) is 13.1 Å². The molecule has 0 amide bonds. The standard InChI is InChI=1S/C14H12N4O2/c19-14-18-11-5-8(1-2-12(11)20-14)10-3-4-16-13(17-10)9-6-15-7-9/h1-5,9,15H,6-7H2,(H,18,19). The van der Waals surface area contributed by atoms with Gasteiger partial charge in [0.25, 0.3) is 0 Å². The van der Waals surface area contributed by atoms with Gasteiger partial charge in [-0.25, -0.2) is 14.8 Å². The second-order valence-corrected chi connectivity index (χ2v) is 4.88. The third kappa shape index (κ3) is 1.81. The molecule has 2 aromatic heterocycles. The van der Waals surface area contributed by atoms with Crippen molar-refractivity contribution in [2.24, 2.45) is 0 Å². The van der Waals surface area contributed by atoms with Crippen LogP contribution in [-0.4, -0.2) is 28.0 Å². The molecule has 0 saturated carbocycles. The van der Waals surface area contributed by atoms with E-state index in [-0.39, 0.29) is 0 Å². The number of nitrogens with one attached hydrogen (secondary N) is 2. The van der Waals surface area contributed by atoms with E-state index in [2.05, 4.69) is 20.3 Å². The number of hydrogen-bond donors (Lipinski definition) is 2. The number of aromatic nitrogens is 3. The van der Waals surface area contributed by atoms with Gasteiger partial charge in [-0.15, -0.1) is 0 Å². The lowest BCUT2D eigenvalue weighted by Crippen LogP contribution is -2.40. The Morgan fingerprint density at radius 2 is 2.15 bits per heavy atom. The van der Waals surface area contributed by atoms with Crippen LogP contribution in [0.3, 0.4) is 0 Å². The van der Waals surface area contributed by atoms with Gasteiger partial charge in [-0.2, -0.15) is 0 Å². The van der Waals surface area contributed by atoms with Crippen molar-refractivity contribution in [1.29, 1.82) is 0 Å². The fourth-order valence-electron chi connectivity index (χ4n) is 2.31. The number of H-pyrrole nitrogens is 1. The van der Waals surface area contributed by atoms with Crippen molar-refractivity contribution in [2.45, 2.75) is 5.92 Å². The average molecular weight is 268 g/mol. The molecule has 3 aromatic rings.